The van der Waals surface area contributed by atoms with Crippen LogP contribution in [0.25, 0.3) is 5.69 Å². The van der Waals surface area contributed by atoms with Crippen molar-refractivity contribution in [2.75, 3.05) is 0 Å². The molecule has 2 nitrogen and oxygen atoms in total. The summed E-state index contributed by atoms with van der Waals surface area (Å²) in [7, 11) is 0. The van der Waals surface area contributed by atoms with Gasteiger partial charge in [-0.3, -0.25) is 4.57 Å². The van der Waals surface area contributed by atoms with Crippen molar-refractivity contribution in [1.29, 1.82) is 0 Å². The molecule has 2 rings (SSSR count). The maximum absolute atomic E-state index is 5.25. The molecule has 0 fully saturated rings. The molecule has 0 amide bonds. The average molecular weight is 283 g/mol. The molecule has 1 heterocycles. The van der Waals surface area contributed by atoms with E-state index in [1.165, 1.54) is 5.56 Å². The zero-order valence-electron chi connectivity index (χ0n) is 8.54. The summed E-state index contributed by atoms with van der Waals surface area (Å²) in [5, 5.41) is 0. The number of nitrogens with one attached hydrogen (secondary N) is 1. The third-order valence-corrected chi connectivity index (χ3v) is 3.17. The fourth-order valence-electron chi connectivity index (χ4n) is 1.58. The quantitative estimate of drug-likeness (QED) is 0.787. The van der Waals surface area contributed by atoms with Gasteiger partial charge < -0.3 is 4.98 Å². The van der Waals surface area contributed by atoms with Crippen molar-refractivity contribution in [3.63, 3.8) is 0 Å². The third-order valence-electron chi connectivity index (χ3n) is 2.37. The minimum absolute atomic E-state index is 0.730. The standard InChI is InChI=1S/C11H11BrN2S/c1-7-3-4-9(12)5-10(7)14-8(2)6-13-11(14)15/h3-6H,1-2H3,(H,13,15). The van der Waals surface area contributed by atoms with Crippen LogP contribution in [0.3, 0.4) is 0 Å². The molecule has 0 bridgehead atoms. The maximum atomic E-state index is 5.25. The number of rotatable bonds is 1. The van der Waals surface area contributed by atoms with Crippen LogP contribution in [-0.2, 0) is 0 Å². The van der Waals surface area contributed by atoms with Gasteiger partial charge in [0.15, 0.2) is 4.77 Å². The highest BCUT2D eigenvalue weighted by molar-refractivity contribution is 9.10. The number of H-pyrrole nitrogens is 1. The highest BCUT2D eigenvalue weighted by Crippen LogP contribution is 2.21. The van der Waals surface area contributed by atoms with Crippen molar-refractivity contribution < 1.29 is 0 Å². The van der Waals surface area contributed by atoms with E-state index >= 15 is 0 Å². The van der Waals surface area contributed by atoms with Gasteiger partial charge >= 0.3 is 0 Å². The van der Waals surface area contributed by atoms with Gasteiger partial charge in [-0.2, -0.15) is 0 Å². The Morgan fingerprint density at radius 1 is 1.33 bits per heavy atom. The van der Waals surface area contributed by atoms with E-state index < -0.39 is 0 Å². The number of benzene rings is 1. The number of aromatic nitrogens is 2. The second kappa shape index (κ2) is 3.94. The van der Waals surface area contributed by atoms with Crippen LogP contribution in [0, 0.1) is 18.6 Å². The van der Waals surface area contributed by atoms with Gasteiger partial charge in [0.05, 0.1) is 5.69 Å². The zero-order chi connectivity index (χ0) is 11.0. The van der Waals surface area contributed by atoms with Crippen molar-refractivity contribution in [2.24, 2.45) is 0 Å². The predicted octanol–water partition coefficient (Wildman–Crippen LogP) is 3.91. The number of hydrogen-bond acceptors (Lipinski definition) is 1. The molecule has 1 aromatic heterocycles. The highest BCUT2D eigenvalue weighted by atomic mass is 79.9. The smallest absolute Gasteiger partial charge is 0.182 e. The molecule has 0 saturated carbocycles. The summed E-state index contributed by atoms with van der Waals surface area (Å²) in [5.41, 5.74) is 3.44. The Morgan fingerprint density at radius 3 is 2.67 bits per heavy atom. The van der Waals surface area contributed by atoms with Gasteiger partial charge in [-0.15, -0.1) is 0 Å². The summed E-state index contributed by atoms with van der Waals surface area (Å²) in [6, 6.07) is 6.18. The van der Waals surface area contributed by atoms with E-state index in [9.17, 15) is 0 Å². The second-order valence-electron chi connectivity index (χ2n) is 3.50. The normalized spacial score (nSPS) is 10.6. The molecule has 1 N–H and O–H groups in total. The molecule has 0 aliphatic heterocycles. The largest absolute Gasteiger partial charge is 0.337 e. The van der Waals surface area contributed by atoms with Gasteiger partial charge in [0.1, 0.15) is 0 Å². The van der Waals surface area contributed by atoms with Crippen molar-refractivity contribution in [1.82, 2.24) is 9.55 Å². The second-order valence-corrected chi connectivity index (χ2v) is 4.80. The van der Waals surface area contributed by atoms with E-state index in [0.717, 1.165) is 20.6 Å². The maximum Gasteiger partial charge on any atom is 0.182 e. The van der Waals surface area contributed by atoms with E-state index in [0.29, 0.717) is 0 Å². The van der Waals surface area contributed by atoms with Crippen molar-refractivity contribution in [2.45, 2.75) is 13.8 Å². The lowest BCUT2D eigenvalue weighted by Gasteiger charge is -2.09. The van der Waals surface area contributed by atoms with Crippen LogP contribution in [0.5, 0.6) is 0 Å². The van der Waals surface area contributed by atoms with Crippen LogP contribution in [0.15, 0.2) is 28.9 Å². The molecule has 0 unspecified atom stereocenters. The SMILES string of the molecule is Cc1ccc(Br)cc1-n1c(C)c[nH]c1=S. The van der Waals surface area contributed by atoms with Crippen LogP contribution in [-0.4, -0.2) is 9.55 Å². The summed E-state index contributed by atoms with van der Waals surface area (Å²) in [6.45, 7) is 4.11. The number of nitrogens with zero attached hydrogens (tertiary/aromatic N) is 1. The molecular weight excluding hydrogens is 272 g/mol. The molecule has 0 radical (unpaired) electrons. The lowest BCUT2D eigenvalue weighted by Crippen LogP contribution is -1.99. The Labute approximate surface area is 102 Å². The van der Waals surface area contributed by atoms with E-state index in [4.69, 9.17) is 12.2 Å². The lowest BCUT2D eigenvalue weighted by molar-refractivity contribution is 0.972. The van der Waals surface area contributed by atoms with Gasteiger partial charge in [-0.05, 0) is 43.8 Å². The predicted molar refractivity (Wildman–Crippen MR) is 68.1 cm³/mol. The lowest BCUT2D eigenvalue weighted by atomic mass is 10.2. The first-order chi connectivity index (χ1) is 7.09. The van der Waals surface area contributed by atoms with Gasteiger partial charge in [0.2, 0.25) is 0 Å². The van der Waals surface area contributed by atoms with Crippen LogP contribution in [0.2, 0.25) is 0 Å². The Hall–Kier alpha value is -0.870. The molecule has 15 heavy (non-hydrogen) atoms. The molecular formula is C11H11BrN2S. The molecule has 2 aromatic rings. The number of aromatic amines is 1. The van der Waals surface area contributed by atoms with Crippen molar-refractivity contribution >= 4 is 28.1 Å². The van der Waals surface area contributed by atoms with E-state index in [-0.39, 0.29) is 0 Å². The number of halogens is 1. The van der Waals surface area contributed by atoms with Gasteiger partial charge in [-0.25, -0.2) is 0 Å². The highest BCUT2D eigenvalue weighted by Gasteiger charge is 2.05. The van der Waals surface area contributed by atoms with Gasteiger partial charge in [-0.1, -0.05) is 22.0 Å². The van der Waals surface area contributed by atoms with Crippen LogP contribution < -0.4 is 0 Å². The Bertz CT molecular complexity index is 554. The Kier molecular flexibility index (Phi) is 2.80. The Morgan fingerprint density at radius 2 is 2.07 bits per heavy atom. The Balaban J connectivity index is 2.74. The molecule has 0 aliphatic carbocycles. The zero-order valence-corrected chi connectivity index (χ0v) is 10.9. The van der Waals surface area contributed by atoms with Gasteiger partial charge in [0.25, 0.3) is 0 Å². The van der Waals surface area contributed by atoms with E-state index in [1.54, 1.807) is 0 Å². The summed E-state index contributed by atoms with van der Waals surface area (Å²) in [4.78, 5) is 3.04. The first-order valence-corrected chi connectivity index (χ1v) is 5.83. The number of hydrogen-bond donors (Lipinski definition) is 1. The number of imidazole rings is 1. The summed E-state index contributed by atoms with van der Waals surface area (Å²) in [6.07, 6.45) is 1.92. The first kappa shape index (κ1) is 10.6. The molecule has 1 aromatic carbocycles. The van der Waals surface area contributed by atoms with E-state index in [2.05, 4.69) is 40.0 Å². The number of aryl methyl sites for hydroxylation is 2. The third kappa shape index (κ3) is 1.92. The fourth-order valence-corrected chi connectivity index (χ4v) is 2.23. The van der Waals surface area contributed by atoms with Crippen LogP contribution >= 0.6 is 28.1 Å². The van der Waals surface area contributed by atoms with Crippen molar-refractivity contribution in [3.8, 4) is 5.69 Å². The van der Waals surface area contributed by atoms with Gasteiger partial charge in [0, 0.05) is 16.4 Å². The summed E-state index contributed by atoms with van der Waals surface area (Å²) >= 11 is 8.72. The molecule has 0 aliphatic rings. The fraction of sp³-hybridized carbons (Fsp3) is 0.182. The molecule has 78 valence electrons. The van der Waals surface area contributed by atoms with Crippen LogP contribution in [0.4, 0.5) is 0 Å². The first-order valence-electron chi connectivity index (χ1n) is 4.63. The van der Waals surface area contributed by atoms with Crippen molar-refractivity contribution in [3.05, 3.63) is 44.9 Å². The topological polar surface area (TPSA) is 20.7 Å². The molecule has 0 spiro atoms. The van der Waals surface area contributed by atoms with Crippen LogP contribution in [0.1, 0.15) is 11.3 Å². The minimum atomic E-state index is 0.730. The van der Waals surface area contributed by atoms with E-state index in [1.807, 2.05) is 23.8 Å². The molecule has 0 atom stereocenters. The average Bonchev–Trinajstić information content (AvgIpc) is 2.51. The summed E-state index contributed by atoms with van der Waals surface area (Å²) < 4.78 is 3.83. The molecule has 4 heteroatoms. The monoisotopic (exact) mass is 282 g/mol. The summed E-state index contributed by atoms with van der Waals surface area (Å²) in [5.74, 6) is 0. The minimum Gasteiger partial charge on any atom is -0.337 e. The molecule has 0 saturated heterocycles.